The fraction of sp³-hybridized carbons (Fsp3) is 0.368. The van der Waals surface area contributed by atoms with E-state index in [0.29, 0.717) is 0 Å². The zero-order valence-corrected chi connectivity index (χ0v) is 13.2. The van der Waals surface area contributed by atoms with E-state index in [2.05, 4.69) is 49.9 Å². The molecule has 0 aromatic heterocycles. The van der Waals surface area contributed by atoms with Crippen LogP contribution < -0.4 is 10.4 Å². The van der Waals surface area contributed by atoms with Gasteiger partial charge >= 0.3 is 0 Å². The van der Waals surface area contributed by atoms with Crippen LogP contribution in [0.4, 0.5) is 0 Å². The molecule has 0 spiro atoms. The van der Waals surface area contributed by atoms with Crippen LogP contribution in [0.1, 0.15) is 58.6 Å². The van der Waals surface area contributed by atoms with Gasteiger partial charge in [-0.1, -0.05) is 76.8 Å². The fourth-order valence-electron chi connectivity index (χ4n) is 2.07. The second-order valence-corrected chi connectivity index (χ2v) is 3.76. The Morgan fingerprint density at radius 2 is 1.63 bits per heavy atom. The molecule has 0 bridgehead atoms. The van der Waals surface area contributed by atoms with Gasteiger partial charge in [0, 0.05) is 0 Å². The average Bonchev–Trinajstić information content (AvgIpc) is 2.52. The molecule has 0 fully saturated rings. The maximum absolute atomic E-state index is 3.86. The van der Waals surface area contributed by atoms with Crippen molar-refractivity contribution in [3.63, 3.8) is 0 Å². The van der Waals surface area contributed by atoms with Crippen molar-refractivity contribution < 1.29 is 0 Å². The fourth-order valence-corrected chi connectivity index (χ4v) is 2.07. The van der Waals surface area contributed by atoms with Gasteiger partial charge < -0.3 is 0 Å². The van der Waals surface area contributed by atoms with Gasteiger partial charge in [-0.3, -0.25) is 0 Å². The summed E-state index contributed by atoms with van der Waals surface area (Å²) in [5, 5.41) is 2.73. The number of hydrogen-bond acceptors (Lipinski definition) is 0. The standard InChI is InChI=1S/C15H16.2C2H6/c1-3-7-14-12(4-2)10-11-13-8-5-6-9-15(13)14;2*1-2/h3-4,7-11H,2,5-6H2,1H3;2*1-2H3/b7-3-;;. The Bertz CT molecular complexity index is 516. The second-order valence-electron chi connectivity index (χ2n) is 3.76. The first-order valence-corrected chi connectivity index (χ1v) is 7.45. The predicted octanol–water partition coefficient (Wildman–Crippen LogP) is 4.77. The van der Waals surface area contributed by atoms with Crippen molar-refractivity contribution in [2.24, 2.45) is 0 Å². The summed E-state index contributed by atoms with van der Waals surface area (Å²) < 4.78 is 0. The lowest BCUT2D eigenvalue weighted by atomic mass is 9.98. The quantitative estimate of drug-likeness (QED) is 0.715. The van der Waals surface area contributed by atoms with E-state index in [1.165, 1.54) is 21.6 Å². The summed E-state index contributed by atoms with van der Waals surface area (Å²) in [5.41, 5.74) is 2.53. The third-order valence-electron chi connectivity index (χ3n) is 2.79. The maximum Gasteiger partial charge on any atom is -0.0112 e. The van der Waals surface area contributed by atoms with Crippen LogP contribution in [0.15, 0.2) is 24.8 Å². The summed E-state index contributed by atoms with van der Waals surface area (Å²) in [6.07, 6.45) is 13.1. The molecule has 1 aliphatic rings. The van der Waals surface area contributed by atoms with E-state index in [1.807, 2.05) is 33.8 Å². The molecule has 19 heavy (non-hydrogen) atoms. The van der Waals surface area contributed by atoms with E-state index in [0.717, 1.165) is 12.8 Å². The lowest BCUT2D eigenvalue weighted by molar-refractivity contribution is 1.11. The number of hydrogen-bond donors (Lipinski definition) is 0. The van der Waals surface area contributed by atoms with Crippen molar-refractivity contribution in [3.05, 3.63) is 46.4 Å². The van der Waals surface area contributed by atoms with Crippen molar-refractivity contribution in [2.45, 2.75) is 47.5 Å². The summed E-state index contributed by atoms with van der Waals surface area (Å²) in [5.74, 6) is 0. The van der Waals surface area contributed by atoms with Gasteiger partial charge in [0.2, 0.25) is 0 Å². The van der Waals surface area contributed by atoms with Gasteiger partial charge in [0.05, 0.1) is 0 Å². The van der Waals surface area contributed by atoms with E-state index in [-0.39, 0.29) is 0 Å². The second kappa shape index (κ2) is 10.4. The van der Waals surface area contributed by atoms with Gasteiger partial charge in [-0.15, -0.1) is 0 Å². The minimum atomic E-state index is 1.15. The molecule has 0 amide bonds. The molecule has 104 valence electrons. The van der Waals surface area contributed by atoms with Crippen LogP contribution in [0.2, 0.25) is 0 Å². The summed E-state index contributed by atoms with van der Waals surface area (Å²) in [6.45, 7) is 13.9. The van der Waals surface area contributed by atoms with Crippen LogP contribution in [0.3, 0.4) is 0 Å². The van der Waals surface area contributed by atoms with E-state index in [1.54, 1.807) is 0 Å². The van der Waals surface area contributed by atoms with Crippen molar-refractivity contribution in [1.29, 1.82) is 0 Å². The lowest BCUT2D eigenvalue weighted by Crippen LogP contribution is -2.29. The molecule has 0 atom stereocenters. The van der Waals surface area contributed by atoms with Gasteiger partial charge in [-0.2, -0.15) is 0 Å². The minimum absolute atomic E-state index is 1.15. The van der Waals surface area contributed by atoms with Gasteiger partial charge in [-0.25, -0.2) is 0 Å². The monoisotopic (exact) mass is 256 g/mol. The minimum Gasteiger partial charge on any atom is -0.0984 e. The Morgan fingerprint density at radius 3 is 2.21 bits per heavy atom. The first-order valence-electron chi connectivity index (χ1n) is 7.45. The molecule has 1 aromatic carbocycles. The summed E-state index contributed by atoms with van der Waals surface area (Å²) in [7, 11) is 0. The van der Waals surface area contributed by atoms with Gasteiger partial charge in [0.15, 0.2) is 0 Å². The van der Waals surface area contributed by atoms with Gasteiger partial charge in [0.1, 0.15) is 0 Å². The predicted molar refractivity (Wildman–Crippen MR) is 91.4 cm³/mol. The number of benzene rings is 1. The van der Waals surface area contributed by atoms with E-state index >= 15 is 0 Å². The largest absolute Gasteiger partial charge is 0.0984 e. The molecule has 1 aliphatic carbocycles. The highest BCUT2D eigenvalue weighted by Crippen LogP contribution is 2.08. The molecule has 0 heterocycles. The summed E-state index contributed by atoms with van der Waals surface area (Å²) in [4.78, 5) is 0. The van der Waals surface area contributed by atoms with Crippen molar-refractivity contribution >= 4 is 24.3 Å². The number of allylic oxidation sites excluding steroid dienone is 1. The van der Waals surface area contributed by atoms with Crippen molar-refractivity contribution in [2.75, 3.05) is 0 Å². The average molecular weight is 256 g/mol. The van der Waals surface area contributed by atoms with Crippen LogP contribution in [-0.4, -0.2) is 0 Å². The van der Waals surface area contributed by atoms with E-state index < -0.39 is 0 Å². The lowest BCUT2D eigenvalue weighted by Gasteiger charge is -2.07. The van der Waals surface area contributed by atoms with Crippen LogP contribution in [0, 0.1) is 0 Å². The Morgan fingerprint density at radius 1 is 1.00 bits per heavy atom. The zero-order valence-electron chi connectivity index (χ0n) is 13.2. The SMILES string of the molecule is C=Cc1ccc2c(c1/C=C\C)=CCCC=2.CC.CC. The molecule has 0 aliphatic heterocycles. The molecule has 0 saturated heterocycles. The molecule has 0 heteroatoms. The smallest absolute Gasteiger partial charge is 0.0112 e. The molecular weight excluding hydrogens is 228 g/mol. The molecule has 0 N–H and O–H groups in total. The third kappa shape index (κ3) is 4.55. The highest BCUT2D eigenvalue weighted by molar-refractivity contribution is 5.66. The normalized spacial score (nSPS) is 11.8. The van der Waals surface area contributed by atoms with Gasteiger partial charge in [-0.05, 0) is 41.3 Å². The van der Waals surface area contributed by atoms with Crippen molar-refractivity contribution in [1.82, 2.24) is 0 Å². The maximum atomic E-state index is 3.86. The summed E-state index contributed by atoms with van der Waals surface area (Å²) in [6, 6.07) is 4.34. The molecule has 0 unspecified atom stereocenters. The van der Waals surface area contributed by atoms with Crippen molar-refractivity contribution in [3.8, 4) is 0 Å². The van der Waals surface area contributed by atoms with Crippen LogP contribution >= 0.6 is 0 Å². The summed E-state index contributed by atoms with van der Waals surface area (Å²) >= 11 is 0. The Kier molecular flexibility index (Phi) is 9.52. The first kappa shape index (κ1) is 17.4. The molecule has 0 radical (unpaired) electrons. The van der Waals surface area contributed by atoms with E-state index in [9.17, 15) is 0 Å². The first-order chi connectivity index (χ1) is 9.36. The van der Waals surface area contributed by atoms with Crippen LogP contribution in [-0.2, 0) is 0 Å². The number of fused-ring (bicyclic) bond motifs is 1. The Labute approximate surface area is 118 Å². The third-order valence-corrected chi connectivity index (χ3v) is 2.79. The topological polar surface area (TPSA) is 0 Å². The zero-order chi connectivity index (χ0) is 14.7. The molecule has 1 aromatic rings. The molecule has 0 saturated carbocycles. The van der Waals surface area contributed by atoms with Crippen LogP contribution in [0.5, 0.6) is 0 Å². The van der Waals surface area contributed by atoms with E-state index in [4.69, 9.17) is 0 Å². The Balaban J connectivity index is 0.000000741. The van der Waals surface area contributed by atoms with Gasteiger partial charge in [0.25, 0.3) is 0 Å². The Hall–Kier alpha value is -1.56. The highest BCUT2D eigenvalue weighted by Gasteiger charge is 2.01. The number of rotatable bonds is 2. The molecular formula is C19H28. The molecule has 0 nitrogen and oxygen atoms in total. The molecule has 2 rings (SSSR count). The van der Waals surface area contributed by atoms with Crippen LogP contribution in [0.25, 0.3) is 24.3 Å². The highest BCUT2D eigenvalue weighted by atomic mass is 14.1.